The van der Waals surface area contributed by atoms with E-state index in [4.69, 9.17) is 0 Å². The molecule has 24 heavy (non-hydrogen) atoms. The predicted octanol–water partition coefficient (Wildman–Crippen LogP) is 7.06. The van der Waals surface area contributed by atoms with Crippen molar-refractivity contribution in [3.8, 4) is 0 Å². The molecule has 0 aliphatic heterocycles. The van der Waals surface area contributed by atoms with E-state index in [2.05, 4.69) is 90.3 Å². The predicted molar refractivity (Wildman–Crippen MR) is 108 cm³/mol. The average Bonchev–Trinajstić information content (AvgIpc) is 3.30. The Balaban J connectivity index is 1.70. The van der Waals surface area contributed by atoms with Gasteiger partial charge in [-0.25, -0.2) is 0 Å². The van der Waals surface area contributed by atoms with E-state index in [1.807, 2.05) is 23.1 Å². The minimum absolute atomic E-state index is 0.0336. The summed E-state index contributed by atoms with van der Waals surface area (Å²) in [6, 6.07) is 30.5. The lowest BCUT2D eigenvalue weighted by Crippen LogP contribution is -2.02. The summed E-state index contributed by atoms with van der Waals surface area (Å²) in [4.78, 5) is 2.75. The number of benzene rings is 2. The third-order valence-corrected chi connectivity index (χ3v) is 9.24. The molecule has 0 amide bonds. The summed E-state index contributed by atoms with van der Waals surface area (Å²) in [6.45, 7) is 0. The van der Waals surface area contributed by atoms with Gasteiger partial charge in [0.05, 0.1) is 8.42 Å². The smallest absolute Gasteiger partial charge is 0.137 e. The molecule has 4 rings (SSSR count). The molecule has 0 aliphatic rings. The Labute approximate surface area is 157 Å². The van der Waals surface area contributed by atoms with Crippen molar-refractivity contribution in [2.24, 2.45) is 0 Å². The molecule has 118 valence electrons. The highest BCUT2D eigenvalue weighted by atomic mass is 32.2. The fraction of sp³-hybridized carbons (Fsp3) is 0. The Morgan fingerprint density at radius 1 is 0.625 bits per heavy atom. The normalized spacial score (nSPS) is 11.0. The van der Waals surface area contributed by atoms with Crippen molar-refractivity contribution in [3.63, 3.8) is 0 Å². The van der Waals surface area contributed by atoms with E-state index in [0.717, 1.165) is 0 Å². The zero-order valence-corrected chi connectivity index (χ0v) is 16.1. The molecule has 4 aromatic rings. The summed E-state index contributed by atoms with van der Waals surface area (Å²) in [5, 5.41) is 2.13. The molecule has 0 radical (unpaired) electrons. The first kappa shape index (κ1) is 16.0. The van der Waals surface area contributed by atoms with Crippen molar-refractivity contribution in [2.45, 2.75) is 22.4 Å². The lowest BCUT2D eigenvalue weighted by Gasteiger charge is -2.05. The topological polar surface area (TPSA) is 0 Å². The summed E-state index contributed by atoms with van der Waals surface area (Å²) < 4.78 is 4.13. The zero-order valence-electron chi connectivity index (χ0n) is 12.8. The Kier molecular flexibility index (Phi) is 5.09. The van der Waals surface area contributed by atoms with E-state index in [0.29, 0.717) is 0 Å². The molecule has 0 unspecified atom stereocenters. The Morgan fingerprint density at radius 3 is 1.88 bits per heavy atom. The van der Waals surface area contributed by atoms with Gasteiger partial charge in [0.1, 0.15) is 10.9 Å². The van der Waals surface area contributed by atoms with Gasteiger partial charge in [-0.3, -0.25) is 0 Å². The van der Waals surface area contributed by atoms with Crippen LogP contribution in [0.4, 0.5) is 0 Å². The Hall–Kier alpha value is -1.46. The summed E-state index contributed by atoms with van der Waals surface area (Å²) in [5.74, 6) is 0. The molecule has 2 aromatic carbocycles. The average molecular weight is 384 g/mol. The second-order valence-electron chi connectivity index (χ2n) is 5.04. The van der Waals surface area contributed by atoms with Crippen LogP contribution in [0.15, 0.2) is 113 Å². The number of thiophene rings is 2. The molecular formula is C20H15S4+. The molecule has 0 nitrogen and oxygen atoms in total. The van der Waals surface area contributed by atoms with E-state index in [-0.39, 0.29) is 10.9 Å². The van der Waals surface area contributed by atoms with E-state index in [1.54, 1.807) is 11.3 Å². The maximum Gasteiger partial charge on any atom is 0.221 e. The molecule has 2 aromatic heterocycles. The first-order valence-corrected chi connectivity index (χ1v) is 11.3. The minimum atomic E-state index is -0.0336. The van der Waals surface area contributed by atoms with Crippen molar-refractivity contribution < 1.29 is 0 Å². The van der Waals surface area contributed by atoms with E-state index in [1.165, 1.54) is 22.4 Å². The van der Waals surface area contributed by atoms with Gasteiger partial charge in [-0.2, -0.15) is 0 Å². The van der Waals surface area contributed by atoms with Crippen molar-refractivity contribution in [2.75, 3.05) is 0 Å². The Morgan fingerprint density at radius 2 is 1.29 bits per heavy atom. The fourth-order valence-electron chi connectivity index (χ4n) is 2.37. The summed E-state index contributed by atoms with van der Waals surface area (Å²) in [7, 11) is -0.0336. The molecule has 0 saturated heterocycles. The van der Waals surface area contributed by atoms with E-state index < -0.39 is 0 Å². The maximum absolute atomic E-state index is 2.30. The van der Waals surface area contributed by atoms with Gasteiger partial charge >= 0.3 is 0 Å². The van der Waals surface area contributed by atoms with Gasteiger partial charge in [-0.1, -0.05) is 65.6 Å². The molecule has 0 atom stereocenters. The highest BCUT2D eigenvalue weighted by Crippen LogP contribution is 2.41. The van der Waals surface area contributed by atoms with Gasteiger partial charge in [0.2, 0.25) is 4.21 Å². The SMILES string of the molecule is c1ccc([S+](c2ccccc2)c2ccc(Sc3cccs3)s2)cc1. The lowest BCUT2D eigenvalue weighted by atomic mass is 10.4. The van der Waals surface area contributed by atoms with Crippen molar-refractivity contribution >= 4 is 45.3 Å². The molecule has 0 fully saturated rings. The van der Waals surface area contributed by atoms with Crippen LogP contribution in [0, 0.1) is 0 Å². The third-order valence-electron chi connectivity index (χ3n) is 3.41. The van der Waals surface area contributed by atoms with E-state index >= 15 is 0 Å². The van der Waals surface area contributed by atoms with Crippen LogP contribution in [0.2, 0.25) is 0 Å². The standard InChI is InChI=1S/C20H15S4/c1-3-8-16(9-4-1)24(17-10-5-2-6-11-17)20-14-13-19(23-20)22-18-12-7-15-21-18/h1-15H/q+1. The molecular weight excluding hydrogens is 368 g/mol. The maximum atomic E-state index is 2.30. The molecule has 0 spiro atoms. The van der Waals surface area contributed by atoms with Crippen molar-refractivity contribution in [1.82, 2.24) is 0 Å². The van der Waals surface area contributed by atoms with Crippen LogP contribution >= 0.6 is 34.4 Å². The largest absolute Gasteiger partial charge is 0.221 e. The second kappa shape index (κ2) is 7.62. The first-order chi connectivity index (χ1) is 11.9. The fourth-order valence-corrected chi connectivity index (χ4v) is 8.40. The van der Waals surface area contributed by atoms with E-state index in [9.17, 15) is 0 Å². The first-order valence-electron chi connectivity index (χ1n) is 7.56. The van der Waals surface area contributed by atoms with Crippen LogP contribution < -0.4 is 0 Å². The molecule has 2 heterocycles. The van der Waals surface area contributed by atoms with Crippen molar-refractivity contribution in [3.05, 3.63) is 90.3 Å². The van der Waals surface area contributed by atoms with Crippen molar-refractivity contribution in [1.29, 1.82) is 0 Å². The van der Waals surface area contributed by atoms with Crippen LogP contribution in [0.5, 0.6) is 0 Å². The molecule has 0 saturated carbocycles. The highest BCUT2D eigenvalue weighted by molar-refractivity contribution is 8.03. The summed E-state index contributed by atoms with van der Waals surface area (Å²) in [5.41, 5.74) is 0. The van der Waals surface area contributed by atoms with Gasteiger partial charge in [-0.15, -0.1) is 11.3 Å². The quantitative estimate of drug-likeness (QED) is 0.333. The third kappa shape index (κ3) is 3.62. The van der Waals surface area contributed by atoms with Crippen LogP contribution in [0.25, 0.3) is 0 Å². The van der Waals surface area contributed by atoms with Crippen LogP contribution in [-0.4, -0.2) is 0 Å². The van der Waals surface area contributed by atoms with Gasteiger partial charge in [-0.05, 0) is 41.8 Å². The molecule has 0 aliphatic carbocycles. The molecule has 0 N–H and O–H groups in total. The molecule has 0 bridgehead atoms. The van der Waals surface area contributed by atoms with Gasteiger partial charge in [0.25, 0.3) is 0 Å². The second-order valence-corrected chi connectivity index (χ2v) is 10.9. The highest BCUT2D eigenvalue weighted by Gasteiger charge is 2.30. The van der Waals surface area contributed by atoms with Gasteiger partial charge in [0.15, 0.2) is 9.79 Å². The molecule has 4 heteroatoms. The number of rotatable bonds is 5. The minimum Gasteiger partial charge on any atom is -0.137 e. The van der Waals surface area contributed by atoms with Crippen LogP contribution in [-0.2, 0) is 10.9 Å². The number of hydrogen-bond donors (Lipinski definition) is 0. The summed E-state index contributed by atoms with van der Waals surface area (Å²) >= 11 is 5.58. The van der Waals surface area contributed by atoms with Crippen LogP contribution in [0.3, 0.4) is 0 Å². The Bertz CT molecular complexity index is 840. The zero-order chi connectivity index (χ0) is 16.2. The summed E-state index contributed by atoms with van der Waals surface area (Å²) in [6.07, 6.45) is 0. The van der Waals surface area contributed by atoms with Gasteiger partial charge < -0.3 is 0 Å². The van der Waals surface area contributed by atoms with Crippen LogP contribution in [0.1, 0.15) is 0 Å². The lowest BCUT2D eigenvalue weighted by molar-refractivity contribution is 1.36. The monoisotopic (exact) mass is 383 g/mol. The number of hydrogen-bond acceptors (Lipinski definition) is 3. The van der Waals surface area contributed by atoms with Gasteiger partial charge in [0, 0.05) is 6.07 Å².